The number of nitro benzene ring substituents is 1. The minimum Gasteiger partial charge on any atom is -0.494 e. The number of hydrogen-bond acceptors (Lipinski definition) is 7. The molecule has 0 fully saturated rings. The Labute approximate surface area is 159 Å². The number of benzene rings is 2. The van der Waals surface area contributed by atoms with Gasteiger partial charge in [-0.25, -0.2) is 0 Å². The minimum atomic E-state index is -0.408. The summed E-state index contributed by atoms with van der Waals surface area (Å²) in [6.45, 7) is 2.50. The monoisotopic (exact) mass is 381 g/mol. The molecule has 2 aromatic carbocycles. The molecule has 136 valence electrons. The van der Waals surface area contributed by atoms with Gasteiger partial charge < -0.3 is 4.74 Å². The maximum Gasteiger partial charge on any atom is 0.270 e. The highest BCUT2D eigenvalue weighted by Gasteiger charge is 2.22. The van der Waals surface area contributed by atoms with Crippen LogP contribution in [0.1, 0.15) is 12.5 Å². The molecule has 0 atom stereocenters. The SMILES string of the molecule is CCOc1cccc(-c2nnc3n2N=C(c2cccc([N+](=O)[O-])c2)CS3)c1. The Morgan fingerprint density at radius 1 is 1.19 bits per heavy atom. The second-order valence-corrected chi connectivity index (χ2v) is 6.66. The molecule has 0 aliphatic carbocycles. The van der Waals surface area contributed by atoms with E-state index in [2.05, 4.69) is 15.3 Å². The van der Waals surface area contributed by atoms with Gasteiger partial charge in [0.1, 0.15) is 5.75 Å². The Hall–Kier alpha value is -3.20. The van der Waals surface area contributed by atoms with Gasteiger partial charge in [0.25, 0.3) is 5.69 Å². The summed E-state index contributed by atoms with van der Waals surface area (Å²) < 4.78 is 7.23. The van der Waals surface area contributed by atoms with E-state index in [9.17, 15) is 10.1 Å². The van der Waals surface area contributed by atoms with E-state index in [4.69, 9.17) is 4.74 Å². The van der Waals surface area contributed by atoms with Gasteiger partial charge in [0, 0.05) is 29.0 Å². The van der Waals surface area contributed by atoms with Gasteiger partial charge in [-0.1, -0.05) is 36.0 Å². The number of nitro groups is 1. The molecular formula is C18H15N5O3S. The number of non-ortho nitro benzene ring substituents is 1. The van der Waals surface area contributed by atoms with Crippen LogP contribution in [-0.2, 0) is 0 Å². The van der Waals surface area contributed by atoms with E-state index >= 15 is 0 Å². The highest BCUT2D eigenvalue weighted by atomic mass is 32.2. The van der Waals surface area contributed by atoms with Gasteiger partial charge in [-0.15, -0.1) is 10.2 Å². The van der Waals surface area contributed by atoms with Crippen LogP contribution in [0.4, 0.5) is 5.69 Å². The normalized spacial score (nSPS) is 13.0. The Morgan fingerprint density at radius 3 is 2.81 bits per heavy atom. The first-order valence-corrected chi connectivity index (χ1v) is 9.28. The molecule has 0 radical (unpaired) electrons. The number of nitrogens with zero attached hydrogens (tertiary/aromatic N) is 5. The molecule has 9 heteroatoms. The smallest absolute Gasteiger partial charge is 0.270 e. The Morgan fingerprint density at radius 2 is 2.00 bits per heavy atom. The van der Waals surface area contributed by atoms with Crippen LogP contribution < -0.4 is 4.74 Å². The molecule has 0 N–H and O–H groups in total. The van der Waals surface area contributed by atoms with E-state index < -0.39 is 4.92 Å². The van der Waals surface area contributed by atoms with Gasteiger partial charge >= 0.3 is 0 Å². The van der Waals surface area contributed by atoms with Gasteiger partial charge in [-0.2, -0.15) is 9.78 Å². The number of fused-ring (bicyclic) bond motifs is 1. The van der Waals surface area contributed by atoms with Crippen LogP contribution in [0.15, 0.2) is 58.8 Å². The van der Waals surface area contributed by atoms with E-state index in [1.54, 1.807) is 10.7 Å². The van der Waals surface area contributed by atoms with Crippen LogP contribution in [0.3, 0.4) is 0 Å². The van der Waals surface area contributed by atoms with Crippen molar-refractivity contribution in [3.05, 3.63) is 64.2 Å². The maximum atomic E-state index is 11.0. The Balaban J connectivity index is 1.74. The van der Waals surface area contributed by atoms with Crippen molar-refractivity contribution < 1.29 is 9.66 Å². The predicted molar refractivity (Wildman–Crippen MR) is 102 cm³/mol. The Bertz CT molecular complexity index is 1050. The first-order chi connectivity index (χ1) is 13.2. The molecule has 1 aliphatic rings. The largest absolute Gasteiger partial charge is 0.494 e. The van der Waals surface area contributed by atoms with E-state index in [-0.39, 0.29) is 5.69 Å². The van der Waals surface area contributed by atoms with Gasteiger partial charge in [0.2, 0.25) is 5.16 Å². The first kappa shape index (κ1) is 17.2. The van der Waals surface area contributed by atoms with E-state index in [0.29, 0.717) is 28.9 Å². The highest BCUT2D eigenvalue weighted by molar-refractivity contribution is 7.99. The zero-order valence-corrected chi connectivity index (χ0v) is 15.2. The summed E-state index contributed by atoms with van der Waals surface area (Å²) in [6, 6.07) is 14.1. The molecule has 2 heterocycles. The number of thioether (sulfide) groups is 1. The van der Waals surface area contributed by atoms with Crippen LogP contribution in [0.5, 0.6) is 5.75 Å². The van der Waals surface area contributed by atoms with E-state index in [0.717, 1.165) is 17.0 Å². The molecule has 4 rings (SSSR count). The highest BCUT2D eigenvalue weighted by Crippen LogP contribution is 2.30. The molecule has 1 aromatic heterocycles. The van der Waals surface area contributed by atoms with Crippen molar-refractivity contribution >= 4 is 23.2 Å². The number of aromatic nitrogens is 3. The Kier molecular flexibility index (Phi) is 4.59. The third kappa shape index (κ3) is 3.41. The fourth-order valence-corrected chi connectivity index (χ4v) is 3.58. The lowest BCUT2D eigenvalue weighted by atomic mass is 10.1. The summed E-state index contributed by atoms with van der Waals surface area (Å²) in [5.41, 5.74) is 2.33. The number of hydrogen-bond donors (Lipinski definition) is 0. The second kappa shape index (κ2) is 7.20. The topological polar surface area (TPSA) is 95.4 Å². The summed E-state index contributed by atoms with van der Waals surface area (Å²) in [5, 5.41) is 24.8. The van der Waals surface area contributed by atoms with Gasteiger partial charge in [0.15, 0.2) is 5.82 Å². The van der Waals surface area contributed by atoms with Crippen LogP contribution in [0.25, 0.3) is 11.4 Å². The fourth-order valence-electron chi connectivity index (χ4n) is 2.74. The average Bonchev–Trinajstić information content (AvgIpc) is 3.12. The molecule has 3 aromatic rings. The van der Waals surface area contributed by atoms with Crippen molar-refractivity contribution in [2.75, 3.05) is 12.4 Å². The number of rotatable bonds is 5. The van der Waals surface area contributed by atoms with Gasteiger partial charge in [-0.05, 0) is 19.1 Å². The standard InChI is InChI=1S/C18H15N5O3S/c1-2-26-15-8-4-6-13(10-15)17-19-20-18-22(17)21-16(11-27-18)12-5-3-7-14(9-12)23(24)25/h3-10H,2,11H2,1H3. The molecule has 8 nitrogen and oxygen atoms in total. The number of ether oxygens (including phenoxy) is 1. The zero-order valence-electron chi connectivity index (χ0n) is 14.4. The van der Waals surface area contributed by atoms with Crippen molar-refractivity contribution in [2.45, 2.75) is 12.1 Å². The predicted octanol–water partition coefficient (Wildman–Crippen LogP) is 3.61. The fraction of sp³-hybridized carbons (Fsp3) is 0.167. The summed E-state index contributed by atoms with van der Waals surface area (Å²) in [4.78, 5) is 10.6. The van der Waals surface area contributed by atoms with Crippen molar-refractivity contribution in [3.8, 4) is 17.1 Å². The van der Waals surface area contributed by atoms with Crippen molar-refractivity contribution in [2.24, 2.45) is 5.10 Å². The average molecular weight is 381 g/mol. The maximum absolute atomic E-state index is 11.0. The van der Waals surface area contributed by atoms with Crippen molar-refractivity contribution in [3.63, 3.8) is 0 Å². The molecule has 0 saturated carbocycles. The van der Waals surface area contributed by atoms with Crippen LogP contribution in [-0.4, -0.2) is 37.9 Å². The van der Waals surface area contributed by atoms with E-state index in [1.807, 2.05) is 37.3 Å². The summed E-state index contributed by atoms with van der Waals surface area (Å²) in [6.07, 6.45) is 0. The molecule has 0 spiro atoms. The zero-order chi connectivity index (χ0) is 18.8. The summed E-state index contributed by atoms with van der Waals surface area (Å²) >= 11 is 1.49. The van der Waals surface area contributed by atoms with E-state index in [1.165, 1.54) is 23.9 Å². The minimum absolute atomic E-state index is 0.0411. The lowest BCUT2D eigenvalue weighted by Crippen LogP contribution is -2.14. The van der Waals surface area contributed by atoms with Crippen molar-refractivity contribution in [1.29, 1.82) is 0 Å². The summed E-state index contributed by atoms with van der Waals surface area (Å²) in [7, 11) is 0. The van der Waals surface area contributed by atoms with Crippen molar-refractivity contribution in [1.82, 2.24) is 14.9 Å². The second-order valence-electron chi connectivity index (χ2n) is 5.72. The van der Waals surface area contributed by atoms with Crippen LogP contribution in [0.2, 0.25) is 0 Å². The van der Waals surface area contributed by atoms with Crippen LogP contribution >= 0.6 is 11.8 Å². The molecule has 0 amide bonds. The van der Waals surface area contributed by atoms with Gasteiger partial charge in [-0.3, -0.25) is 10.1 Å². The first-order valence-electron chi connectivity index (χ1n) is 8.30. The molecule has 0 unspecified atom stereocenters. The third-order valence-electron chi connectivity index (χ3n) is 3.96. The molecule has 27 heavy (non-hydrogen) atoms. The molecular weight excluding hydrogens is 366 g/mol. The lowest BCUT2D eigenvalue weighted by molar-refractivity contribution is -0.384. The quantitative estimate of drug-likeness (QED) is 0.495. The molecule has 0 saturated heterocycles. The lowest BCUT2D eigenvalue weighted by Gasteiger charge is -2.14. The third-order valence-corrected chi connectivity index (χ3v) is 4.89. The molecule has 1 aliphatic heterocycles. The van der Waals surface area contributed by atoms with Gasteiger partial charge in [0.05, 0.1) is 17.2 Å². The molecule has 0 bridgehead atoms. The van der Waals surface area contributed by atoms with Crippen LogP contribution in [0, 0.1) is 10.1 Å². The summed E-state index contributed by atoms with van der Waals surface area (Å²) in [5.74, 6) is 1.92.